The zero-order valence-electron chi connectivity index (χ0n) is 8.50. The van der Waals surface area contributed by atoms with Gasteiger partial charge in [-0.25, -0.2) is 9.97 Å². The molecule has 0 aliphatic carbocycles. The van der Waals surface area contributed by atoms with Crippen molar-refractivity contribution in [1.82, 2.24) is 15.0 Å². The van der Waals surface area contributed by atoms with Crippen LogP contribution in [0.2, 0.25) is 0 Å². The SMILES string of the molecule is Brc1cncc(Oc2ncnc3ccsc23)c1. The van der Waals surface area contributed by atoms with Crippen LogP contribution < -0.4 is 4.74 Å². The Morgan fingerprint density at radius 3 is 3.06 bits per heavy atom. The summed E-state index contributed by atoms with van der Waals surface area (Å²) in [4.78, 5) is 12.3. The molecule has 4 nitrogen and oxygen atoms in total. The lowest BCUT2D eigenvalue weighted by molar-refractivity contribution is 0.466. The van der Waals surface area contributed by atoms with E-state index in [1.807, 2.05) is 17.5 Å². The van der Waals surface area contributed by atoms with Gasteiger partial charge in [0.15, 0.2) is 0 Å². The lowest BCUT2D eigenvalue weighted by atomic mass is 10.4. The van der Waals surface area contributed by atoms with Crippen LogP contribution in [0, 0.1) is 0 Å². The quantitative estimate of drug-likeness (QED) is 0.725. The fraction of sp³-hybridized carbons (Fsp3) is 0. The summed E-state index contributed by atoms with van der Waals surface area (Å²) >= 11 is 4.90. The maximum absolute atomic E-state index is 5.70. The fourth-order valence-electron chi connectivity index (χ4n) is 1.40. The minimum Gasteiger partial charge on any atom is -0.436 e. The first-order valence-corrected chi connectivity index (χ1v) is 6.47. The Bertz CT molecular complexity index is 670. The Balaban J connectivity index is 2.02. The summed E-state index contributed by atoms with van der Waals surface area (Å²) in [6.07, 6.45) is 4.84. The largest absolute Gasteiger partial charge is 0.436 e. The molecule has 0 fully saturated rings. The molecule has 0 spiro atoms. The molecular weight excluding hydrogens is 302 g/mol. The normalized spacial score (nSPS) is 10.6. The van der Waals surface area contributed by atoms with Gasteiger partial charge in [-0.1, -0.05) is 0 Å². The van der Waals surface area contributed by atoms with Gasteiger partial charge < -0.3 is 4.74 Å². The molecule has 6 heteroatoms. The number of pyridine rings is 1. The minimum absolute atomic E-state index is 0.560. The molecule has 0 aromatic carbocycles. The molecule has 0 aliphatic heterocycles. The van der Waals surface area contributed by atoms with Gasteiger partial charge in [0.25, 0.3) is 0 Å². The van der Waals surface area contributed by atoms with Crippen LogP contribution in [-0.2, 0) is 0 Å². The van der Waals surface area contributed by atoms with E-state index in [1.54, 1.807) is 23.7 Å². The van der Waals surface area contributed by atoms with Crippen molar-refractivity contribution in [2.24, 2.45) is 0 Å². The Morgan fingerprint density at radius 1 is 1.24 bits per heavy atom. The molecule has 3 rings (SSSR count). The first-order chi connectivity index (χ1) is 8.33. The summed E-state index contributed by atoms with van der Waals surface area (Å²) < 4.78 is 7.50. The molecule has 0 radical (unpaired) electrons. The summed E-state index contributed by atoms with van der Waals surface area (Å²) in [6.45, 7) is 0. The second-order valence-electron chi connectivity index (χ2n) is 3.25. The molecule has 0 N–H and O–H groups in total. The Kier molecular flexibility index (Phi) is 2.74. The van der Waals surface area contributed by atoms with Gasteiger partial charge in [-0.3, -0.25) is 4.98 Å². The third-order valence-corrected chi connectivity index (χ3v) is 3.43. The van der Waals surface area contributed by atoms with Gasteiger partial charge in [0, 0.05) is 10.7 Å². The molecule has 84 valence electrons. The van der Waals surface area contributed by atoms with Crippen molar-refractivity contribution in [2.45, 2.75) is 0 Å². The van der Waals surface area contributed by atoms with Crippen LogP contribution in [0.1, 0.15) is 0 Å². The van der Waals surface area contributed by atoms with Crippen molar-refractivity contribution < 1.29 is 4.74 Å². The fourth-order valence-corrected chi connectivity index (χ4v) is 2.51. The van der Waals surface area contributed by atoms with Crippen molar-refractivity contribution in [2.75, 3.05) is 0 Å². The Morgan fingerprint density at radius 2 is 2.18 bits per heavy atom. The van der Waals surface area contributed by atoms with Gasteiger partial charge in [0.2, 0.25) is 5.88 Å². The van der Waals surface area contributed by atoms with E-state index in [1.165, 1.54) is 6.33 Å². The number of aromatic nitrogens is 3. The van der Waals surface area contributed by atoms with Gasteiger partial charge in [-0.05, 0) is 33.4 Å². The van der Waals surface area contributed by atoms with Gasteiger partial charge in [0.1, 0.15) is 16.8 Å². The lowest BCUT2D eigenvalue weighted by Gasteiger charge is -2.04. The summed E-state index contributed by atoms with van der Waals surface area (Å²) in [6, 6.07) is 3.78. The van der Waals surface area contributed by atoms with E-state index >= 15 is 0 Å². The number of hydrogen-bond acceptors (Lipinski definition) is 5. The topological polar surface area (TPSA) is 47.9 Å². The van der Waals surface area contributed by atoms with Crippen molar-refractivity contribution in [3.05, 3.63) is 40.7 Å². The Hall–Kier alpha value is -1.53. The molecule has 3 aromatic rings. The van der Waals surface area contributed by atoms with E-state index in [-0.39, 0.29) is 0 Å². The average Bonchev–Trinajstić information content (AvgIpc) is 2.78. The van der Waals surface area contributed by atoms with E-state index in [4.69, 9.17) is 4.74 Å². The number of hydrogen-bond donors (Lipinski definition) is 0. The van der Waals surface area contributed by atoms with Gasteiger partial charge in [0.05, 0.1) is 11.7 Å². The highest BCUT2D eigenvalue weighted by molar-refractivity contribution is 9.10. The third-order valence-electron chi connectivity index (χ3n) is 2.10. The van der Waals surface area contributed by atoms with Crippen LogP contribution in [0.3, 0.4) is 0 Å². The molecule has 3 heterocycles. The van der Waals surface area contributed by atoms with Crippen LogP contribution in [0.25, 0.3) is 10.2 Å². The van der Waals surface area contributed by atoms with Crippen molar-refractivity contribution in [3.63, 3.8) is 0 Å². The van der Waals surface area contributed by atoms with E-state index in [9.17, 15) is 0 Å². The zero-order chi connectivity index (χ0) is 11.7. The predicted octanol–water partition coefficient (Wildman–Crippen LogP) is 3.64. The first-order valence-electron chi connectivity index (χ1n) is 4.79. The van der Waals surface area contributed by atoms with Crippen molar-refractivity contribution in [1.29, 1.82) is 0 Å². The monoisotopic (exact) mass is 307 g/mol. The van der Waals surface area contributed by atoms with Gasteiger partial charge in [-0.2, -0.15) is 0 Å². The van der Waals surface area contributed by atoms with Crippen molar-refractivity contribution >= 4 is 37.5 Å². The van der Waals surface area contributed by atoms with Crippen LogP contribution in [0.15, 0.2) is 40.7 Å². The molecular formula is C11H6BrN3OS. The molecule has 0 atom stereocenters. The van der Waals surface area contributed by atoms with Crippen molar-refractivity contribution in [3.8, 4) is 11.6 Å². The first kappa shape index (κ1) is 10.6. The average molecular weight is 308 g/mol. The van der Waals surface area contributed by atoms with Crippen LogP contribution in [0.5, 0.6) is 11.6 Å². The van der Waals surface area contributed by atoms with Gasteiger partial charge >= 0.3 is 0 Å². The number of nitrogens with zero attached hydrogens (tertiary/aromatic N) is 3. The van der Waals surface area contributed by atoms with E-state index in [0.29, 0.717) is 11.6 Å². The number of halogens is 1. The highest BCUT2D eigenvalue weighted by Gasteiger charge is 2.07. The Labute approximate surface area is 109 Å². The number of thiophene rings is 1. The molecule has 0 saturated carbocycles. The van der Waals surface area contributed by atoms with E-state index in [2.05, 4.69) is 30.9 Å². The van der Waals surface area contributed by atoms with E-state index < -0.39 is 0 Å². The van der Waals surface area contributed by atoms with Crippen LogP contribution in [-0.4, -0.2) is 15.0 Å². The zero-order valence-corrected chi connectivity index (χ0v) is 10.9. The second-order valence-corrected chi connectivity index (χ2v) is 5.09. The maximum atomic E-state index is 5.70. The summed E-state index contributed by atoms with van der Waals surface area (Å²) in [5, 5.41) is 1.96. The van der Waals surface area contributed by atoms with Gasteiger partial charge in [-0.15, -0.1) is 11.3 Å². The molecule has 0 unspecified atom stereocenters. The molecule has 0 bridgehead atoms. The summed E-state index contributed by atoms with van der Waals surface area (Å²) in [7, 11) is 0. The standard InChI is InChI=1S/C11H6BrN3OS/c12-7-3-8(5-13-4-7)16-11-10-9(1-2-17-10)14-6-15-11/h1-6H. The highest BCUT2D eigenvalue weighted by Crippen LogP contribution is 2.30. The lowest BCUT2D eigenvalue weighted by Crippen LogP contribution is -1.89. The predicted molar refractivity (Wildman–Crippen MR) is 69.4 cm³/mol. The molecule has 0 amide bonds. The smallest absolute Gasteiger partial charge is 0.240 e. The number of ether oxygens (including phenoxy) is 1. The van der Waals surface area contributed by atoms with Crippen LogP contribution >= 0.6 is 27.3 Å². The molecule has 0 aliphatic rings. The molecule has 17 heavy (non-hydrogen) atoms. The second kappa shape index (κ2) is 4.38. The summed E-state index contributed by atoms with van der Waals surface area (Å²) in [5.74, 6) is 1.21. The third kappa shape index (κ3) is 2.13. The minimum atomic E-state index is 0.560. The number of fused-ring (bicyclic) bond motifs is 1. The highest BCUT2D eigenvalue weighted by atomic mass is 79.9. The summed E-state index contributed by atoms with van der Waals surface area (Å²) in [5.41, 5.74) is 0.892. The molecule has 0 saturated heterocycles. The van der Waals surface area contributed by atoms with E-state index in [0.717, 1.165) is 14.7 Å². The molecule has 3 aromatic heterocycles. The maximum Gasteiger partial charge on any atom is 0.240 e. The number of rotatable bonds is 2. The van der Waals surface area contributed by atoms with Crippen LogP contribution in [0.4, 0.5) is 0 Å².